The van der Waals surface area contributed by atoms with E-state index < -0.39 is 0 Å². The largest absolute Gasteiger partial charge is 0.504 e. The molecule has 0 unspecified atom stereocenters. The summed E-state index contributed by atoms with van der Waals surface area (Å²) in [6.45, 7) is 0.570. The molecule has 1 fully saturated rings. The smallest absolute Gasteiger partial charge is 0.196 e. The first-order chi connectivity index (χ1) is 8.27. The average molecular weight is 232 g/mol. The molecule has 1 heterocycles. The normalized spacial score (nSPS) is 18.9. The summed E-state index contributed by atoms with van der Waals surface area (Å²) in [5, 5.41) is 10.3. The van der Waals surface area contributed by atoms with Gasteiger partial charge in [-0.25, -0.2) is 4.98 Å². The van der Waals surface area contributed by atoms with Crippen molar-refractivity contribution in [1.82, 2.24) is 4.98 Å². The highest BCUT2D eigenvalue weighted by Gasteiger charge is 2.37. The van der Waals surface area contributed by atoms with Gasteiger partial charge in [-0.1, -0.05) is 18.9 Å². The van der Waals surface area contributed by atoms with E-state index in [1.54, 1.807) is 0 Å². The predicted molar refractivity (Wildman–Crippen MR) is 64.9 cm³/mol. The summed E-state index contributed by atoms with van der Waals surface area (Å²) in [6, 6.07) is 3.84. The summed E-state index contributed by atoms with van der Waals surface area (Å²) in [7, 11) is 0. The van der Waals surface area contributed by atoms with Crippen molar-refractivity contribution in [3.8, 4) is 5.75 Å². The van der Waals surface area contributed by atoms with E-state index in [-0.39, 0.29) is 11.2 Å². The van der Waals surface area contributed by atoms with Crippen LogP contribution in [0.3, 0.4) is 0 Å². The number of nitrogens with zero attached hydrogens (tertiary/aromatic N) is 1. The summed E-state index contributed by atoms with van der Waals surface area (Å²) in [5.74, 6) is 0.215. The first-order valence-electron chi connectivity index (χ1n) is 6.02. The molecule has 1 aliphatic carbocycles. The number of rotatable bonds is 2. The van der Waals surface area contributed by atoms with Gasteiger partial charge in [-0.05, 0) is 18.9 Å². The van der Waals surface area contributed by atoms with Gasteiger partial charge in [-0.15, -0.1) is 0 Å². The number of aromatic nitrogens is 1. The maximum atomic E-state index is 10.3. The molecule has 3 rings (SSSR count). The van der Waals surface area contributed by atoms with Gasteiger partial charge in [0.25, 0.3) is 0 Å². The van der Waals surface area contributed by atoms with Gasteiger partial charge in [0.2, 0.25) is 0 Å². The van der Waals surface area contributed by atoms with Gasteiger partial charge in [-0.3, -0.25) is 0 Å². The SMILES string of the molecule is NCC1(c2ccc3ncoc3c2O)CCCC1. The fourth-order valence-electron chi connectivity index (χ4n) is 2.98. The molecule has 90 valence electrons. The number of oxazole rings is 1. The summed E-state index contributed by atoms with van der Waals surface area (Å²) in [6.07, 6.45) is 5.78. The summed E-state index contributed by atoms with van der Waals surface area (Å²) >= 11 is 0. The average Bonchev–Trinajstić information content (AvgIpc) is 2.98. The van der Waals surface area contributed by atoms with E-state index in [0.29, 0.717) is 17.6 Å². The van der Waals surface area contributed by atoms with Crippen LogP contribution in [0.4, 0.5) is 0 Å². The molecule has 1 saturated carbocycles. The number of benzene rings is 1. The summed E-state index contributed by atoms with van der Waals surface area (Å²) in [5.41, 5.74) is 7.94. The number of phenols is 1. The van der Waals surface area contributed by atoms with Crippen LogP contribution >= 0.6 is 0 Å². The molecule has 1 aromatic heterocycles. The molecule has 3 N–H and O–H groups in total. The van der Waals surface area contributed by atoms with Crippen LogP contribution < -0.4 is 5.73 Å². The lowest BCUT2D eigenvalue weighted by Gasteiger charge is -2.28. The molecular weight excluding hydrogens is 216 g/mol. The van der Waals surface area contributed by atoms with Crippen molar-refractivity contribution < 1.29 is 9.52 Å². The molecule has 1 aromatic carbocycles. The van der Waals surface area contributed by atoms with Gasteiger partial charge >= 0.3 is 0 Å². The number of aromatic hydroxyl groups is 1. The highest BCUT2D eigenvalue weighted by molar-refractivity contribution is 5.81. The van der Waals surface area contributed by atoms with E-state index in [1.165, 1.54) is 19.2 Å². The van der Waals surface area contributed by atoms with Crippen LogP contribution in [0, 0.1) is 0 Å². The Hall–Kier alpha value is -1.55. The molecule has 1 aliphatic rings. The van der Waals surface area contributed by atoms with E-state index in [1.807, 2.05) is 12.1 Å². The van der Waals surface area contributed by atoms with Crippen LogP contribution in [-0.4, -0.2) is 16.6 Å². The number of fused-ring (bicyclic) bond motifs is 1. The van der Waals surface area contributed by atoms with E-state index >= 15 is 0 Å². The van der Waals surface area contributed by atoms with Gasteiger partial charge in [0.15, 0.2) is 17.7 Å². The van der Waals surface area contributed by atoms with E-state index in [4.69, 9.17) is 10.2 Å². The minimum Gasteiger partial charge on any atom is -0.504 e. The molecule has 0 atom stereocenters. The van der Waals surface area contributed by atoms with E-state index in [0.717, 1.165) is 18.4 Å². The van der Waals surface area contributed by atoms with Gasteiger partial charge < -0.3 is 15.3 Å². The first kappa shape index (κ1) is 10.6. The maximum Gasteiger partial charge on any atom is 0.196 e. The van der Waals surface area contributed by atoms with Crippen molar-refractivity contribution >= 4 is 11.1 Å². The van der Waals surface area contributed by atoms with Crippen molar-refractivity contribution in [2.24, 2.45) is 5.73 Å². The Bertz CT molecular complexity index is 541. The zero-order chi connectivity index (χ0) is 11.9. The van der Waals surface area contributed by atoms with Crippen LogP contribution in [0.1, 0.15) is 31.2 Å². The van der Waals surface area contributed by atoms with Crippen LogP contribution in [-0.2, 0) is 5.41 Å². The lowest BCUT2D eigenvalue weighted by Crippen LogP contribution is -2.32. The second-order valence-corrected chi connectivity index (χ2v) is 4.85. The van der Waals surface area contributed by atoms with Crippen molar-refractivity contribution in [2.75, 3.05) is 6.54 Å². The zero-order valence-electron chi connectivity index (χ0n) is 9.65. The minimum atomic E-state index is -0.0783. The lowest BCUT2D eigenvalue weighted by molar-refractivity contribution is 0.403. The fourth-order valence-corrected chi connectivity index (χ4v) is 2.98. The Balaban J connectivity index is 2.19. The molecule has 0 radical (unpaired) electrons. The van der Waals surface area contributed by atoms with Crippen molar-refractivity contribution in [3.63, 3.8) is 0 Å². The monoisotopic (exact) mass is 232 g/mol. The molecule has 4 nitrogen and oxygen atoms in total. The zero-order valence-corrected chi connectivity index (χ0v) is 9.65. The second kappa shape index (κ2) is 3.74. The summed E-state index contributed by atoms with van der Waals surface area (Å²) < 4.78 is 5.24. The minimum absolute atomic E-state index is 0.0783. The van der Waals surface area contributed by atoms with Crippen molar-refractivity contribution in [3.05, 3.63) is 24.1 Å². The molecule has 0 aliphatic heterocycles. The fraction of sp³-hybridized carbons (Fsp3) is 0.462. The Morgan fingerprint density at radius 3 is 2.82 bits per heavy atom. The number of nitrogens with two attached hydrogens (primary N) is 1. The Morgan fingerprint density at radius 2 is 2.12 bits per heavy atom. The second-order valence-electron chi connectivity index (χ2n) is 4.85. The Kier molecular flexibility index (Phi) is 2.33. The van der Waals surface area contributed by atoms with E-state index in [9.17, 15) is 5.11 Å². The Morgan fingerprint density at radius 1 is 1.35 bits per heavy atom. The van der Waals surface area contributed by atoms with Gasteiger partial charge in [0.05, 0.1) is 0 Å². The molecule has 0 bridgehead atoms. The molecule has 17 heavy (non-hydrogen) atoms. The molecule has 0 saturated heterocycles. The predicted octanol–water partition coefficient (Wildman–Crippen LogP) is 2.30. The van der Waals surface area contributed by atoms with Crippen LogP contribution in [0.5, 0.6) is 5.75 Å². The third-order valence-corrected chi connectivity index (χ3v) is 4.00. The standard InChI is InChI=1S/C13H16N2O2/c14-7-13(5-1-2-6-13)9-3-4-10-12(11(9)16)17-8-15-10/h3-4,8,16H,1-2,5-7,14H2. The molecule has 4 heteroatoms. The van der Waals surface area contributed by atoms with Gasteiger partial charge in [-0.2, -0.15) is 0 Å². The first-order valence-corrected chi connectivity index (χ1v) is 6.02. The third-order valence-electron chi connectivity index (χ3n) is 4.00. The number of hydrogen-bond donors (Lipinski definition) is 2. The topological polar surface area (TPSA) is 72.3 Å². The van der Waals surface area contributed by atoms with Crippen LogP contribution in [0.15, 0.2) is 22.9 Å². The highest BCUT2D eigenvalue weighted by atomic mass is 16.4. The van der Waals surface area contributed by atoms with Gasteiger partial charge in [0, 0.05) is 17.5 Å². The van der Waals surface area contributed by atoms with Gasteiger partial charge in [0.1, 0.15) is 5.52 Å². The third kappa shape index (κ3) is 1.44. The Labute approximate surface area is 99.4 Å². The van der Waals surface area contributed by atoms with Crippen LogP contribution in [0.25, 0.3) is 11.1 Å². The lowest BCUT2D eigenvalue weighted by atomic mass is 9.78. The van der Waals surface area contributed by atoms with Crippen LogP contribution in [0.2, 0.25) is 0 Å². The quantitative estimate of drug-likeness (QED) is 0.833. The maximum absolute atomic E-state index is 10.3. The molecular formula is C13H16N2O2. The van der Waals surface area contributed by atoms with Crippen molar-refractivity contribution in [2.45, 2.75) is 31.1 Å². The molecule has 2 aromatic rings. The van der Waals surface area contributed by atoms with Crippen molar-refractivity contribution in [1.29, 1.82) is 0 Å². The molecule has 0 spiro atoms. The number of hydrogen-bond acceptors (Lipinski definition) is 4. The number of phenolic OH excluding ortho intramolecular Hbond substituents is 1. The summed E-state index contributed by atoms with van der Waals surface area (Å²) in [4.78, 5) is 4.04. The highest BCUT2D eigenvalue weighted by Crippen LogP contribution is 2.45. The molecule has 0 amide bonds. The van der Waals surface area contributed by atoms with E-state index in [2.05, 4.69) is 4.98 Å².